The number of hydrogen-bond acceptors (Lipinski definition) is 8. The summed E-state index contributed by atoms with van der Waals surface area (Å²) in [5, 5.41) is 18.9. The van der Waals surface area contributed by atoms with Gasteiger partial charge in [0.2, 0.25) is 10.0 Å². The lowest BCUT2D eigenvalue weighted by Crippen LogP contribution is -2.48. The molecule has 0 aliphatic heterocycles. The molecule has 0 unspecified atom stereocenters. The van der Waals surface area contributed by atoms with Crippen LogP contribution in [0.1, 0.15) is 6.92 Å². The summed E-state index contributed by atoms with van der Waals surface area (Å²) < 4.78 is 31.4. The molecule has 0 amide bonds. The monoisotopic (exact) mass is 415 g/mol. The number of aliphatic hydroxyl groups is 1. The number of hydrogen-bond donors (Lipinski definition) is 3. The van der Waals surface area contributed by atoms with Crippen molar-refractivity contribution in [3.8, 4) is 6.07 Å². The number of Topliss-reactive ketones (excluding diaryl/α,β-unsaturated/α-hetero) is 1. The van der Waals surface area contributed by atoms with Gasteiger partial charge < -0.3 is 15.6 Å². The first-order valence-corrected chi connectivity index (χ1v) is 9.35. The molecule has 0 aromatic heterocycles. The molecule has 1 aromatic carbocycles. The molecule has 9 nitrogen and oxygen atoms in total. The maximum Gasteiger partial charge on any atom is 0.327 e. The number of aliphatic hydroxyl groups excluding tert-OH is 1. The molecule has 0 radical (unpaired) electrons. The van der Waals surface area contributed by atoms with Crippen LogP contribution in [-0.2, 0) is 24.3 Å². The van der Waals surface area contributed by atoms with E-state index >= 15 is 0 Å². The van der Waals surface area contributed by atoms with Gasteiger partial charge in [-0.05, 0) is 31.2 Å². The highest BCUT2D eigenvalue weighted by atomic mass is 35.5. The maximum atomic E-state index is 12.3. The Bertz CT molecular complexity index is 861. The van der Waals surface area contributed by atoms with Crippen molar-refractivity contribution < 1.29 is 27.9 Å². The molecule has 0 aliphatic carbocycles. The lowest BCUT2D eigenvalue weighted by molar-refractivity contribution is -0.152. The van der Waals surface area contributed by atoms with E-state index in [4.69, 9.17) is 27.3 Å². The lowest BCUT2D eigenvalue weighted by atomic mass is 10.0. The number of esters is 1. The minimum absolute atomic E-state index is 0.189. The Morgan fingerprint density at radius 3 is 2.41 bits per heavy atom. The van der Waals surface area contributed by atoms with E-state index in [9.17, 15) is 23.1 Å². The summed E-state index contributed by atoms with van der Waals surface area (Å²) in [7, 11) is -4.18. The van der Waals surface area contributed by atoms with Gasteiger partial charge in [0.15, 0.2) is 12.4 Å². The fourth-order valence-electron chi connectivity index (χ4n) is 1.87. The summed E-state index contributed by atoms with van der Waals surface area (Å²) in [5.74, 6) is -3.40. The number of nitrogens with zero attached hydrogens (tertiary/aromatic N) is 1. The summed E-state index contributed by atoms with van der Waals surface area (Å²) in [6.45, 7) is 3.61. The van der Waals surface area contributed by atoms with E-state index < -0.39 is 46.4 Å². The predicted octanol–water partition coefficient (Wildman–Crippen LogP) is 0.0922. The molecule has 4 N–H and O–H groups in total. The normalized spacial score (nSPS) is 14.4. The molecule has 146 valence electrons. The van der Waals surface area contributed by atoms with E-state index in [0.717, 1.165) is 6.92 Å². The molecule has 0 spiro atoms. The van der Waals surface area contributed by atoms with Crippen molar-refractivity contribution in [1.29, 1.82) is 5.26 Å². The quantitative estimate of drug-likeness (QED) is 0.478. The van der Waals surface area contributed by atoms with Crippen LogP contribution in [0.5, 0.6) is 0 Å². The molecule has 0 saturated heterocycles. The van der Waals surface area contributed by atoms with E-state index in [2.05, 4.69) is 6.58 Å². The van der Waals surface area contributed by atoms with Crippen molar-refractivity contribution in [3.63, 3.8) is 0 Å². The van der Waals surface area contributed by atoms with Crippen molar-refractivity contribution in [2.75, 3.05) is 6.61 Å². The number of allylic oxidation sites excluding steroid dienone is 1. The molecular weight excluding hydrogens is 398 g/mol. The number of nitriles is 1. The number of carbonyl (C=O) groups is 2. The van der Waals surface area contributed by atoms with Gasteiger partial charge >= 0.3 is 5.97 Å². The number of nitrogens with two attached hydrogens (primary N) is 1. The largest absolute Gasteiger partial charge is 0.456 e. The second-order valence-electron chi connectivity index (χ2n) is 5.50. The van der Waals surface area contributed by atoms with Crippen LogP contribution in [0.15, 0.2) is 41.4 Å². The fourth-order valence-corrected chi connectivity index (χ4v) is 3.25. The number of halogens is 1. The Hall–Kier alpha value is -2.45. The molecule has 0 bridgehead atoms. The fraction of sp³-hybridized carbons (Fsp3) is 0.312. The molecule has 0 saturated carbocycles. The van der Waals surface area contributed by atoms with Crippen LogP contribution in [0.25, 0.3) is 0 Å². The van der Waals surface area contributed by atoms with E-state index in [-0.39, 0.29) is 10.6 Å². The summed E-state index contributed by atoms with van der Waals surface area (Å²) >= 11 is 5.70. The molecule has 0 heterocycles. The van der Waals surface area contributed by atoms with Crippen LogP contribution in [0.2, 0.25) is 5.02 Å². The van der Waals surface area contributed by atoms with Crippen LogP contribution in [0.4, 0.5) is 0 Å². The zero-order valence-corrected chi connectivity index (χ0v) is 15.8. The Balaban J connectivity index is 2.88. The Kier molecular flexibility index (Phi) is 7.93. The first-order chi connectivity index (χ1) is 12.5. The number of sulfonamides is 1. The highest BCUT2D eigenvalue weighted by molar-refractivity contribution is 7.89. The van der Waals surface area contributed by atoms with Gasteiger partial charge in [-0.25, -0.2) is 8.42 Å². The van der Waals surface area contributed by atoms with Crippen molar-refractivity contribution >= 4 is 33.4 Å². The number of benzene rings is 1. The number of ketones is 1. The van der Waals surface area contributed by atoms with Crippen molar-refractivity contribution in [2.45, 2.75) is 24.0 Å². The number of carbonyl (C=O) groups excluding carboxylic acids is 2. The van der Waals surface area contributed by atoms with Crippen LogP contribution in [0.3, 0.4) is 0 Å². The molecule has 0 aliphatic rings. The Morgan fingerprint density at radius 1 is 1.41 bits per heavy atom. The molecule has 1 rings (SSSR count). The third-order valence-corrected chi connectivity index (χ3v) is 5.03. The van der Waals surface area contributed by atoms with Gasteiger partial charge in [0.1, 0.15) is 12.0 Å². The second kappa shape index (κ2) is 9.48. The minimum atomic E-state index is -4.18. The van der Waals surface area contributed by atoms with E-state index in [1.807, 2.05) is 4.72 Å². The first-order valence-electron chi connectivity index (χ1n) is 7.48. The van der Waals surface area contributed by atoms with Crippen molar-refractivity contribution in [1.82, 2.24) is 4.72 Å². The average Bonchev–Trinajstić information content (AvgIpc) is 2.58. The Morgan fingerprint density at radius 2 is 1.96 bits per heavy atom. The number of ether oxygens (including phenoxy) is 1. The summed E-state index contributed by atoms with van der Waals surface area (Å²) in [4.78, 5) is 23.7. The molecule has 3 atom stereocenters. The van der Waals surface area contributed by atoms with Gasteiger partial charge in [0.05, 0.1) is 17.1 Å². The van der Waals surface area contributed by atoms with E-state index in [1.165, 1.54) is 24.3 Å². The summed E-state index contributed by atoms with van der Waals surface area (Å²) in [6.07, 6.45) is -1.47. The van der Waals surface area contributed by atoms with Gasteiger partial charge in [-0.1, -0.05) is 18.2 Å². The zero-order chi connectivity index (χ0) is 20.8. The van der Waals surface area contributed by atoms with Crippen molar-refractivity contribution in [2.24, 2.45) is 11.7 Å². The molecule has 0 fully saturated rings. The van der Waals surface area contributed by atoms with Gasteiger partial charge in [0.25, 0.3) is 0 Å². The van der Waals surface area contributed by atoms with E-state index in [1.54, 1.807) is 6.07 Å². The van der Waals surface area contributed by atoms with Crippen LogP contribution >= 0.6 is 11.6 Å². The third kappa shape index (κ3) is 6.33. The van der Waals surface area contributed by atoms with Crippen LogP contribution in [-0.4, -0.2) is 44.0 Å². The smallest absolute Gasteiger partial charge is 0.327 e. The number of nitrogens with one attached hydrogen (secondary N) is 1. The first kappa shape index (κ1) is 22.6. The molecule has 11 heteroatoms. The highest BCUT2D eigenvalue weighted by Crippen LogP contribution is 2.15. The topological polar surface area (TPSA) is 160 Å². The van der Waals surface area contributed by atoms with Gasteiger partial charge in [-0.2, -0.15) is 9.98 Å². The Labute approximate surface area is 161 Å². The van der Waals surface area contributed by atoms with Crippen LogP contribution < -0.4 is 10.5 Å². The third-order valence-electron chi connectivity index (χ3n) is 3.32. The summed E-state index contributed by atoms with van der Waals surface area (Å²) in [5.41, 5.74) is 5.09. The second-order valence-corrected chi connectivity index (χ2v) is 7.65. The minimum Gasteiger partial charge on any atom is -0.456 e. The standard InChI is InChI=1S/C16H18ClN3O6S/c1-9(19)13(7-18)14(22)8-26-16(23)15(10(2)21)20-27(24,25)12-5-3-11(17)4-6-12/h3-6,10,13,15,20-21H,1,8,19H2,2H3/t10-,13-,15+/m1/s1. The highest BCUT2D eigenvalue weighted by Gasteiger charge is 2.32. The summed E-state index contributed by atoms with van der Waals surface area (Å²) in [6, 6.07) is 5.03. The lowest BCUT2D eigenvalue weighted by Gasteiger charge is -2.20. The molecular formula is C16H18ClN3O6S. The average molecular weight is 416 g/mol. The molecule has 27 heavy (non-hydrogen) atoms. The SMILES string of the molecule is C=C(N)[C@@H](C#N)C(=O)COC(=O)[C@@H](NS(=O)(=O)c1ccc(Cl)cc1)[C@@H](C)O. The van der Waals surface area contributed by atoms with Gasteiger partial charge in [-0.3, -0.25) is 9.59 Å². The van der Waals surface area contributed by atoms with E-state index in [0.29, 0.717) is 5.02 Å². The zero-order valence-electron chi connectivity index (χ0n) is 14.3. The van der Waals surface area contributed by atoms with Gasteiger partial charge in [-0.15, -0.1) is 0 Å². The van der Waals surface area contributed by atoms with Gasteiger partial charge in [0, 0.05) is 10.7 Å². The predicted molar refractivity (Wildman–Crippen MR) is 95.6 cm³/mol. The number of rotatable bonds is 9. The van der Waals surface area contributed by atoms with Crippen molar-refractivity contribution in [3.05, 3.63) is 41.6 Å². The maximum absolute atomic E-state index is 12.3. The van der Waals surface area contributed by atoms with Crippen LogP contribution in [0, 0.1) is 17.2 Å². The molecule has 1 aromatic rings.